The molecule has 1 saturated heterocycles. The van der Waals surface area contributed by atoms with Crippen LogP contribution in [-0.2, 0) is 17.6 Å². The third-order valence-corrected chi connectivity index (χ3v) is 6.55. The quantitative estimate of drug-likeness (QED) is 0.764. The van der Waals surface area contributed by atoms with Gasteiger partial charge in [0.15, 0.2) is 5.65 Å². The number of ether oxygens (including phenoxy) is 1. The van der Waals surface area contributed by atoms with E-state index in [1.807, 2.05) is 0 Å². The van der Waals surface area contributed by atoms with Crippen LogP contribution >= 0.6 is 11.3 Å². The van der Waals surface area contributed by atoms with E-state index >= 15 is 0 Å². The molecule has 5 rings (SSSR count). The third-order valence-electron chi connectivity index (χ3n) is 5.35. The molecule has 0 aromatic carbocycles. The van der Waals surface area contributed by atoms with Crippen molar-refractivity contribution in [1.82, 2.24) is 24.9 Å². The van der Waals surface area contributed by atoms with Crippen LogP contribution in [0.25, 0.3) is 15.9 Å². The number of thiophene rings is 1. The molecule has 7 nitrogen and oxygen atoms in total. The zero-order valence-electron chi connectivity index (χ0n) is 14.7. The first-order valence-electron chi connectivity index (χ1n) is 9.24. The van der Waals surface area contributed by atoms with Gasteiger partial charge < -0.3 is 10.1 Å². The van der Waals surface area contributed by atoms with Gasteiger partial charge in [0.2, 0.25) is 5.82 Å². The predicted molar refractivity (Wildman–Crippen MR) is 98.7 cm³/mol. The average molecular weight is 371 g/mol. The Bertz CT molecular complexity index is 988. The molecule has 3 aromatic heterocycles. The van der Waals surface area contributed by atoms with Crippen molar-refractivity contribution in [2.75, 3.05) is 13.2 Å². The summed E-state index contributed by atoms with van der Waals surface area (Å²) in [4.78, 5) is 24.0. The van der Waals surface area contributed by atoms with Crippen molar-refractivity contribution in [3.05, 3.63) is 22.6 Å². The number of aromatic nitrogens is 4. The van der Waals surface area contributed by atoms with Crippen LogP contribution in [0, 0.1) is 5.92 Å². The maximum absolute atomic E-state index is 12.5. The van der Waals surface area contributed by atoms with E-state index in [0.717, 1.165) is 48.2 Å². The molecular formula is C18H21N5O2S. The largest absolute Gasteiger partial charge is 0.376 e. The van der Waals surface area contributed by atoms with Crippen molar-refractivity contribution >= 4 is 33.1 Å². The summed E-state index contributed by atoms with van der Waals surface area (Å²) in [5.74, 6) is 0.605. The Kier molecular flexibility index (Phi) is 3.90. The SMILES string of the molecule is C[C@H]1CCc2sc3ncn4nc(C(=O)NC[C@H]5CCCO5)nc4c3c2C1. The second-order valence-corrected chi connectivity index (χ2v) is 8.41. The van der Waals surface area contributed by atoms with Crippen molar-refractivity contribution in [2.24, 2.45) is 5.92 Å². The maximum atomic E-state index is 12.5. The molecule has 1 fully saturated rings. The average Bonchev–Trinajstić information content (AvgIpc) is 3.36. The summed E-state index contributed by atoms with van der Waals surface area (Å²) < 4.78 is 7.18. The zero-order chi connectivity index (χ0) is 17.7. The molecule has 0 unspecified atom stereocenters. The molecule has 0 radical (unpaired) electrons. The van der Waals surface area contributed by atoms with Crippen molar-refractivity contribution in [1.29, 1.82) is 0 Å². The van der Waals surface area contributed by atoms with Gasteiger partial charge in [-0.05, 0) is 43.6 Å². The number of hydrogen-bond acceptors (Lipinski definition) is 6. The summed E-state index contributed by atoms with van der Waals surface area (Å²) >= 11 is 1.75. The maximum Gasteiger partial charge on any atom is 0.291 e. The fourth-order valence-corrected chi connectivity index (χ4v) is 5.11. The number of fused-ring (bicyclic) bond motifs is 5. The smallest absolute Gasteiger partial charge is 0.291 e. The van der Waals surface area contributed by atoms with Crippen LogP contribution in [0.3, 0.4) is 0 Å². The fourth-order valence-electron chi connectivity index (χ4n) is 3.93. The Balaban J connectivity index is 1.49. The second-order valence-electron chi connectivity index (χ2n) is 7.33. The van der Waals surface area contributed by atoms with E-state index in [9.17, 15) is 4.79 Å². The van der Waals surface area contributed by atoms with Crippen LogP contribution in [0.5, 0.6) is 0 Å². The monoisotopic (exact) mass is 371 g/mol. The molecule has 2 atom stereocenters. The van der Waals surface area contributed by atoms with Crippen LogP contribution in [0.2, 0.25) is 0 Å². The van der Waals surface area contributed by atoms with Crippen molar-refractivity contribution in [2.45, 2.75) is 45.1 Å². The number of hydrogen-bond donors (Lipinski definition) is 1. The van der Waals surface area contributed by atoms with E-state index in [2.05, 4.69) is 27.3 Å². The molecule has 8 heteroatoms. The van der Waals surface area contributed by atoms with Crippen LogP contribution in [-0.4, -0.2) is 44.7 Å². The molecule has 2 aliphatic rings. The minimum absolute atomic E-state index is 0.106. The summed E-state index contributed by atoms with van der Waals surface area (Å²) in [6.45, 7) is 3.57. The number of rotatable bonds is 3. The van der Waals surface area contributed by atoms with E-state index in [0.29, 0.717) is 12.5 Å². The van der Waals surface area contributed by atoms with Gasteiger partial charge in [0.1, 0.15) is 11.2 Å². The second kappa shape index (κ2) is 6.28. The number of amides is 1. The summed E-state index contributed by atoms with van der Waals surface area (Å²) in [6, 6.07) is 0. The normalized spacial score (nSPS) is 22.8. The Hall–Kier alpha value is -2.06. The summed E-state index contributed by atoms with van der Waals surface area (Å²) in [5.41, 5.74) is 2.09. The van der Waals surface area contributed by atoms with Crippen LogP contribution in [0.15, 0.2) is 6.33 Å². The highest BCUT2D eigenvalue weighted by Gasteiger charge is 2.25. The molecule has 3 aromatic rings. The first kappa shape index (κ1) is 16.1. The van der Waals surface area contributed by atoms with E-state index in [1.54, 1.807) is 22.2 Å². The molecule has 136 valence electrons. The van der Waals surface area contributed by atoms with Crippen LogP contribution in [0.1, 0.15) is 47.2 Å². The highest BCUT2D eigenvalue weighted by atomic mass is 32.1. The first-order valence-corrected chi connectivity index (χ1v) is 10.1. The number of carbonyl (C=O) groups is 1. The van der Waals surface area contributed by atoms with Crippen LogP contribution < -0.4 is 5.32 Å². The van der Waals surface area contributed by atoms with Gasteiger partial charge in [0.05, 0.1) is 11.5 Å². The first-order chi connectivity index (χ1) is 12.7. The van der Waals surface area contributed by atoms with E-state index < -0.39 is 0 Å². The van der Waals surface area contributed by atoms with Crippen LogP contribution in [0.4, 0.5) is 0 Å². The van der Waals surface area contributed by atoms with E-state index in [4.69, 9.17) is 4.74 Å². The third kappa shape index (κ3) is 2.68. The van der Waals surface area contributed by atoms with Gasteiger partial charge in [-0.1, -0.05) is 6.92 Å². The molecule has 26 heavy (non-hydrogen) atoms. The lowest BCUT2D eigenvalue weighted by Crippen LogP contribution is -2.32. The van der Waals surface area contributed by atoms with Gasteiger partial charge in [-0.25, -0.2) is 14.5 Å². The molecule has 1 N–H and O–H groups in total. The number of nitrogens with zero attached hydrogens (tertiary/aromatic N) is 4. The lowest BCUT2D eigenvalue weighted by molar-refractivity contribution is 0.0849. The number of aryl methyl sites for hydroxylation is 1. The predicted octanol–water partition coefficient (Wildman–Crippen LogP) is 2.37. The highest BCUT2D eigenvalue weighted by molar-refractivity contribution is 7.19. The number of nitrogens with one attached hydrogen (secondary N) is 1. The number of carbonyl (C=O) groups excluding carboxylic acids is 1. The highest BCUT2D eigenvalue weighted by Crippen LogP contribution is 2.38. The molecule has 0 saturated carbocycles. The summed E-state index contributed by atoms with van der Waals surface area (Å²) in [5, 5.41) is 8.32. The van der Waals surface area contributed by atoms with E-state index in [-0.39, 0.29) is 17.8 Å². The van der Waals surface area contributed by atoms with Crippen molar-refractivity contribution < 1.29 is 9.53 Å². The topological polar surface area (TPSA) is 81.4 Å². The Morgan fingerprint density at radius 3 is 3.23 bits per heavy atom. The molecule has 4 heterocycles. The van der Waals surface area contributed by atoms with Gasteiger partial charge in [-0.15, -0.1) is 16.4 Å². The molecule has 0 spiro atoms. The summed E-state index contributed by atoms with van der Waals surface area (Å²) in [6.07, 6.45) is 7.18. The Morgan fingerprint density at radius 1 is 1.46 bits per heavy atom. The molecule has 0 bridgehead atoms. The minimum Gasteiger partial charge on any atom is -0.376 e. The molecule has 1 amide bonds. The fraction of sp³-hybridized carbons (Fsp3) is 0.556. The zero-order valence-corrected chi connectivity index (χ0v) is 15.5. The van der Waals surface area contributed by atoms with Gasteiger partial charge >= 0.3 is 0 Å². The van der Waals surface area contributed by atoms with Crippen molar-refractivity contribution in [3.63, 3.8) is 0 Å². The van der Waals surface area contributed by atoms with Gasteiger partial charge in [0.25, 0.3) is 5.91 Å². The standard InChI is InChI=1S/C18H21N5O2S/c1-10-4-5-13-12(7-10)14-16-21-15(22-23(16)9-20-18(14)26-13)17(24)19-8-11-3-2-6-25-11/h9-11H,2-8H2,1H3,(H,19,24)/t10-,11+/m0/s1. The lowest BCUT2D eigenvalue weighted by atomic mass is 9.89. The lowest BCUT2D eigenvalue weighted by Gasteiger charge is -2.17. The van der Waals surface area contributed by atoms with Gasteiger partial charge in [-0.2, -0.15) is 0 Å². The Labute approximate surface area is 154 Å². The van der Waals surface area contributed by atoms with Gasteiger partial charge in [0, 0.05) is 18.0 Å². The van der Waals surface area contributed by atoms with Crippen molar-refractivity contribution in [3.8, 4) is 0 Å². The van der Waals surface area contributed by atoms with Gasteiger partial charge in [-0.3, -0.25) is 4.79 Å². The summed E-state index contributed by atoms with van der Waals surface area (Å²) in [7, 11) is 0. The molecular weight excluding hydrogens is 350 g/mol. The minimum atomic E-state index is -0.255. The Morgan fingerprint density at radius 2 is 2.38 bits per heavy atom. The van der Waals surface area contributed by atoms with E-state index in [1.165, 1.54) is 16.9 Å². The molecule has 1 aliphatic heterocycles. The molecule has 1 aliphatic carbocycles.